The van der Waals surface area contributed by atoms with E-state index in [4.69, 9.17) is 9.72 Å². The van der Waals surface area contributed by atoms with Crippen molar-refractivity contribution >= 4 is 57.1 Å². The second-order valence-corrected chi connectivity index (χ2v) is 11.9. The fourth-order valence-corrected chi connectivity index (χ4v) is 5.69. The highest BCUT2D eigenvalue weighted by molar-refractivity contribution is 7.10. The number of nitro benzene ring substituents is 1. The molecule has 1 amide bonds. The summed E-state index contributed by atoms with van der Waals surface area (Å²) in [6.45, 7) is 6.08. The lowest BCUT2D eigenvalue weighted by Gasteiger charge is -2.36. The van der Waals surface area contributed by atoms with Crippen LogP contribution in [0.25, 0.3) is 22.6 Å². The number of pyridine rings is 1. The predicted octanol–water partition coefficient (Wildman–Crippen LogP) is 7.15. The number of anilines is 1. The number of non-ortho nitro benzene ring substituents is 1. The number of hydrogen-bond acceptors (Lipinski definition) is 7. The van der Waals surface area contributed by atoms with Crippen LogP contribution >= 0.6 is 11.3 Å². The van der Waals surface area contributed by atoms with Crippen molar-refractivity contribution in [1.82, 2.24) is 4.98 Å². The van der Waals surface area contributed by atoms with Gasteiger partial charge in [0.05, 0.1) is 21.7 Å². The van der Waals surface area contributed by atoms with E-state index in [1.165, 1.54) is 24.3 Å². The third-order valence-corrected chi connectivity index (χ3v) is 8.00. The average molecular weight is 556 g/mol. The Bertz CT molecular complexity index is 1640. The Kier molecular flexibility index (Phi) is 7.49. The standard InChI is InChI=1S/C31H29N3O5S/c1-31(2,3)20-14-19(15-23-10-7-13-40-23)29-25(16-20)28(24-11-4-5-12-26(24)33-29)30(36)39-18-27(35)32-21-8-6-9-22(17-21)34(37)38/h4-13,15,17,20H,14,16,18H2,1-3H3,(H,32,35). The van der Waals surface area contributed by atoms with Crippen molar-refractivity contribution in [3.63, 3.8) is 0 Å². The minimum atomic E-state index is -0.603. The van der Waals surface area contributed by atoms with E-state index in [1.807, 2.05) is 35.7 Å². The van der Waals surface area contributed by atoms with Crippen molar-refractivity contribution in [3.05, 3.63) is 97.9 Å². The molecule has 4 aromatic rings. The van der Waals surface area contributed by atoms with Crippen molar-refractivity contribution in [2.45, 2.75) is 33.6 Å². The molecule has 40 heavy (non-hydrogen) atoms. The highest BCUT2D eigenvalue weighted by Crippen LogP contribution is 2.45. The molecule has 8 nitrogen and oxygen atoms in total. The fourth-order valence-electron chi connectivity index (χ4n) is 5.01. The predicted molar refractivity (Wildman–Crippen MR) is 157 cm³/mol. The van der Waals surface area contributed by atoms with E-state index in [-0.39, 0.29) is 22.7 Å². The Balaban J connectivity index is 1.49. The molecule has 9 heteroatoms. The van der Waals surface area contributed by atoms with E-state index in [0.717, 1.165) is 28.1 Å². The highest BCUT2D eigenvalue weighted by atomic mass is 32.1. The Labute approximate surface area is 235 Å². The van der Waals surface area contributed by atoms with Gasteiger partial charge in [-0.25, -0.2) is 9.78 Å². The number of nitrogens with one attached hydrogen (secondary N) is 1. The van der Waals surface area contributed by atoms with E-state index >= 15 is 0 Å². The van der Waals surface area contributed by atoms with Gasteiger partial charge in [0.25, 0.3) is 11.6 Å². The molecule has 2 aromatic carbocycles. The number of aromatic nitrogens is 1. The van der Waals surface area contributed by atoms with Gasteiger partial charge in [-0.2, -0.15) is 0 Å². The number of carbonyl (C=O) groups is 2. The minimum Gasteiger partial charge on any atom is -0.452 e. The Morgan fingerprint density at radius 3 is 2.65 bits per heavy atom. The van der Waals surface area contributed by atoms with Gasteiger partial charge in [0.2, 0.25) is 0 Å². The number of nitrogens with zero attached hydrogens (tertiary/aromatic N) is 2. The Hall–Kier alpha value is -4.37. The van der Waals surface area contributed by atoms with Crippen LogP contribution in [0.15, 0.2) is 66.0 Å². The first-order valence-corrected chi connectivity index (χ1v) is 13.9. The maximum absolute atomic E-state index is 13.7. The van der Waals surface area contributed by atoms with Gasteiger partial charge in [-0.15, -0.1) is 11.3 Å². The number of nitro groups is 1. The molecule has 0 radical (unpaired) electrons. The minimum absolute atomic E-state index is 0.0166. The lowest BCUT2D eigenvalue weighted by atomic mass is 9.69. The van der Waals surface area contributed by atoms with Crippen molar-refractivity contribution < 1.29 is 19.2 Å². The molecular weight excluding hydrogens is 526 g/mol. The molecule has 1 N–H and O–H groups in total. The molecule has 204 valence electrons. The summed E-state index contributed by atoms with van der Waals surface area (Å²) in [6.07, 6.45) is 3.65. The summed E-state index contributed by atoms with van der Waals surface area (Å²) in [7, 11) is 0. The average Bonchev–Trinajstić information content (AvgIpc) is 3.43. The number of allylic oxidation sites excluding steroid dienone is 1. The molecule has 0 fully saturated rings. The number of para-hydroxylation sites is 1. The molecule has 0 aliphatic heterocycles. The van der Waals surface area contributed by atoms with Gasteiger partial charge in [0.15, 0.2) is 6.61 Å². The third kappa shape index (κ3) is 5.79. The monoisotopic (exact) mass is 555 g/mol. The molecule has 0 bridgehead atoms. The molecule has 2 heterocycles. The maximum atomic E-state index is 13.7. The highest BCUT2D eigenvalue weighted by Gasteiger charge is 2.35. The molecule has 2 aromatic heterocycles. The van der Waals surface area contributed by atoms with E-state index in [2.05, 4.69) is 38.2 Å². The molecule has 1 aliphatic carbocycles. The largest absolute Gasteiger partial charge is 0.452 e. The molecule has 0 saturated heterocycles. The zero-order valence-electron chi connectivity index (χ0n) is 22.5. The second kappa shape index (κ2) is 11.0. The molecule has 1 aliphatic rings. The molecule has 5 rings (SSSR count). The first kappa shape index (κ1) is 27.2. The Morgan fingerprint density at radius 1 is 1.12 bits per heavy atom. The van der Waals surface area contributed by atoms with Crippen LogP contribution < -0.4 is 5.32 Å². The number of esters is 1. The first-order valence-electron chi connectivity index (χ1n) is 13.0. The lowest BCUT2D eigenvalue weighted by Crippen LogP contribution is -2.29. The van der Waals surface area contributed by atoms with Crippen molar-refractivity contribution in [2.24, 2.45) is 11.3 Å². The normalized spacial score (nSPS) is 16.0. The maximum Gasteiger partial charge on any atom is 0.339 e. The van der Waals surface area contributed by atoms with Gasteiger partial charge in [-0.3, -0.25) is 14.9 Å². The van der Waals surface area contributed by atoms with Crippen LogP contribution in [0.4, 0.5) is 11.4 Å². The third-order valence-electron chi connectivity index (χ3n) is 7.18. The summed E-state index contributed by atoms with van der Waals surface area (Å²) < 4.78 is 5.55. The van der Waals surface area contributed by atoms with Gasteiger partial charge < -0.3 is 10.1 Å². The van der Waals surface area contributed by atoms with Crippen LogP contribution in [0.1, 0.15) is 53.7 Å². The van der Waals surface area contributed by atoms with Crippen LogP contribution in [-0.2, 0) is 16.0 Å². The SMILES string of the molecule is CC(C)(C)C1CC(=Cc2cccs2)c2nc3ccccc3c(C(=O)OCC(=O)Nc3cccc([N+](=O)[O-])c3)c2C1. The van der Waals surface area contributed by atoms with E-state index in [1.54, 1.807) is 11.3 Å². The summed E-state index contributed by atoms with van der Waals surface area (Å²) in [5, 5.41) is 16.3. The number of benzene rings is 2. The Morgan fingerprint density at radius 2 is 1.93 bits per heavy atom. The fraction of sp³-hybridized carbons (Fsp3) is 0.258. The number of ether oxygens (including phenoxy) is 1. The number of thiophene rings is 1. The van der Waals surface area contributed by atoms with Crippen LogP contribution in [0.3, 0.4) is 0 Å². The zero-order chi connectivity index (χ0) is 28.4. The summed E-state index contributed by atoms with van der Waals surface area (Å²) >= 11 is 1.65. The van der Waals surface area contributed by atoms with Crippen molar-refractivity contribution in [3.8, 4) is 0 Å². The summed E-state index contributed by atoms with van der Waals surface area (Å²) in [4.78, 5) is 42.9. The number of amides is 1. The molecule has 0 spiro atoms. The molecular formula is C31H29N3O5S. The lowest BCUT2D eigenvalue weighted by molar-refractivity contribution is -0.384. The molecule has 1 atom stereocenters. The van der Waals surface area contributed by atoms with Crippen LogP contribution in [0, 0.1) is 21.4 Å². The number of rotatable bonds is 6. The van der Waals surface area contributed by atoms with E-state index < -0.39 is 23.4 Å². The van der Waals surface area contributed by atoms with Crippen molar-refractivity contribution in [1.29, 1.82) is 0 Å². The summed E-state index contributed by atoms with van der Waals surface area (Å²) in [5.74, 6) is -0.932. The van der Waals surface area contributed by atoms with Gasteiger partial charge in [-0.1, -0.05) is 51.1 Å². The number of carbonyl (C=O) groups excluding carboxylic acids is 2. The zero-order valence-corrected chi connectivity index (χ0v) is 23.3. The van der Waals surface area contributed by atoms with Gasteiger partial charge in [0.1, 0.15) is 0 Å². The van der Waals surface area contributed by atoms with E-state index in [9.17, 15) is 19.7 Å². The van der Waals surface area contributed by atoms with Crippen molar-refractivity contribution in [2.75, 3.05) is 11.9 Å². The smallest absolute Gasteiger partial charge is 0.339 e. The number of fused-ring (bicyclic) bond motifs is 2. The van der Waals surface area contributed by atoms with Gasteiger partial charge >= 0.3 is 5.97 Å². The van der Waals surface area contributed by atoms with E-state index in [0.29, 0.717) is 22.9 Å². The topological polar surface area (TPSA) is 111 Å². The summed E-state index contributed by atoms with van der Waals surface area (Å²) in [5.41, 5.74) is 3.89. The van der Waals surface area contributed by atoms with Gasteiger partial charge in [0, 0.05) is 28.1 Å². The van der Waals surface area contributed by atoms with Crippen LogP contribution in [0.5, 0.6) is 0 Å². The molecule has 0 saturated carbocycles. The van der Waals surface area contributed by atoms with Crippen LogP contribution in [-0.4, -0.2) is 28.4 Å². The molecule has 1 unspecified atom stereocenters. The second-order valence-electron chi connectivity index (χ2n) is 10.9. The van der Waals surface area contributed by atoms with Crippen LogP contribution in [0.2, 0.25) is 0 Å². The first-order chi connectivity index (χ1) is 19.1. The quantitative estimate of drug-likeness (QED) is 0.154. The summed E-state index contributed by atoms with van der Waals surface area (Å²) in [6, 6.07) is 17.1. The number of hydrogen-bond donors (Lipinski definition) is 1. The van der Waals surface area contributed by atoms with Gasteiger partial charge in [-0.05, 0) is 65.0 Å².